The van der Waals surface area contributed by atoms with E-state index >= 15 is 0 Å². The number of carbonyl (C=O) groups excluding carboxylic acids is 1. The minimum atomic E-state index is 0.729. The lowest BCUT2D eigenvalue weighted by Gasteiger charge is -2.04. The van der Waals surface area contributed by atoms with E-state index in [1.165, 1.54) is 0 Å². The molecule has 1 nitrogen and oxygen atoms in total. The molecule has 2 aromatic rings. The van der Waals surface area contributed by atoms with Gasteiger partial charge in [-0.2, -0.15) is 0 Å². The summed E-state index contributed by atoms with van der Waals surface area (Å²) in [5, 5.41) is 0.729. The predicted octanol–water partition coefficient (Wildman–Crippen LogP) is 3.74. The first-order valence-corrected chi connectivity index (χ1v) is 5.45. The second-order valence-electron chi connectivity index (χ2n) is 3.62. The Hall–Kier alpha value is -1.60. The number of hydrogen-bond donors (Lipinski definition) is 0. The average Bonchev–Trinajstić information content (AvgIpc) is 2.33. The molecular weight excluding hydrogens is 220 g/mol. The SMILES string of the molecule is O=Cc1ccccc1Cc1ccc(Cl)cc1. The van der Waals surface area contributed by atoms with Crippen LogP contribution in [0.25, 0.3) is 0 Å². The van der Waals surface area contributed by atoms with Gasteiger partial charge in [-0.1, -0.05) is 48.0 Å². The van der Waals surface area contributed by atoms with Crippen molar-refractivity contribution in [3.8, 4) is 0 Å². The number of benzene rings is 2. The third-order valence-corrected chi connectivity index (χ3v) is 2.74. The van der Waals surface area contributed by atoms with Crippen molar-refractivity contribution in [2.24, 2.45) is 0 Å². The summed E-state index contributed by atoms with van der Waals surface area (Å²) in [5.41, 5.74) is 2.94. The van der Waals surface area contributed by atoms with Gasteiger partial charge in [-0.15, -0.1) is 0 Å². The molecule has 0 aliphatic rings. The maximum Gasteiger partial charge on any atom is 0.150 e. The van der Waals surface area contributed by atoms with Gasteiger partial charge >= 0.3 is 0 Å². The van der Waals surface area contributed by atoms with Crippen LogP contribution in [0.15, 0.2) is 48.5 Å². The van der Waals surface area contributed by atoms with E-state index in [0.717, 1.165) is 34.4 Å². The molecule has 0 fully saturated rings. The third-order valence-electron chi connectivity index (χ3n) is 2.49. The van der Waals surface area contributed by atoms with E-state index in [1.807, 2.05) is 48.5 Å². The molecule has 0 N–H and O–H groups in total. The summed E-state index contributed by atoms with van der Waals surface area (Å²) in [6.45, 7) is 0. The highest BCUT2D eigenvalue weighted by Gasteiger charge is 2.01. The van der Waals surface area contributed by atoms with Gasteiger partial charge in [0.15, 0.2) is 0 Å². The molecule has 0 unspecified atom stereocenters. The second-order valence-corrected chi connectivity index (χ2v) is 4.06. The van der Waals surface area contributed by atoms with Crippen LogP contribution >= 0.6 is 11.6 Å². The molecule has 80 valence electrons. The average molecular weight is 231 g/mol. The predicted molar refractivity (Wildman–Crippen MR) is 66.1 cm³/mol. The van der Waals surface area contributed by atoms with E-state index in [2.05, 4.69) is 0 Å². The van der Waals surface area contributed by atoms with Crippen molar-refractivity contribution in [2.45, 2.75) is 6.42 Å². The minimum Gasteiger partial charge on any atom is -0.298 e. The molecule has 0 aliphatic carbocycles. The van der Waals surface area contributed by atoms with Gasteiger partial charge in [0.1, 0.15) is 6.29 Å². The van der Waals surface area contributed by atoms with Crippen LogP contribution in [0, 0.1) is 0 Å². The summed E-state index contributed by atoms with van der Waals surface area (Å²) in [6.07, 6.45) is 1.65. The van der Waals surface area contributed by atoms with Crippen LogP contribution in [-0.2, 0) is 6.42 Å². The van der Waals surface area contributed by atoms with Gasteiger partial charge < -0.3 is 0 Å². The highest BCUT2D eigenvalue weighted by Crippen LogP contribution is 2.15. The Bertz CT molecular complexity index is 488. The maximum atomic E-state index is 10.9. The van der Waals surface area contributed by atoms with Crippen LogP contribution in [0.2, 0.25) is 5.02 Å². The fourth-order valence-corrected chi connectivity index (χ4v) is 1.76. The molecule has 0 bridgehead atoms. The van der Waals surface area contributed by atoms with Crippen LogP contribution < -0.4 is 0 Å². The van der Waals surface area contributed by atoms with Crippen LogP contribution in [0.5, 0.6) is 0 Å². The van der Waals surface area contributed by atoms with Gasteiger partial charge in [-0.3, -0.25) is 4.79 Å². The van der Waals surface area contributed by atoms with Gasteiger partial charge in [-0.25, -0.2) is 0 Å². The Kier molecular flexibility index (Phi) is 3.37. The molecule has 0 amide bonds. The normalized spacial score (nSPS) is 10.1. The largest absolute Gasteiger partial charge is 0.298 e. The maximum absolute atomic E-state index is 10.9. The summed E-state index contributed by atoms with van der Waals surface area (Å²) < 4.78 is 0. The fraction of sp³-hybridized carbons (Fsp3) is 0.0714. The zero-order valence-electron chi connectivity index (χ0n) is 8.69. The zero-order valence-corrected chi connectivity index (χ0v) is 9.45. The zero-order chi connectivity index (χ0) is 11.4. The standard InChI is InChI=1S/C14H11ClO/c15-14-7-5-11(6-8-14)9-12-3-1-2-4-13(12)10-16/h1-8,10H,9H2. The van der Waals surface area contributed by atoms with Crippen LogP contribution in [0.3, 0.4) is 0 Å². The first kappa shape index (κ1) is 10.9. The second kappa shape index (κ2) is 4.95. The monoisotopic (exact) mass is 230 g/mol. The number of halogens is 1. The summed E-state index contributed by atoms with van der Waals surface area (Å²) >= 11 is 5.82. The molecule has 2 aromatic carbocycles. The van der Waals surface area contributed by atoms with Crippen molar-refractivity contribution >= 4 is 17.9 Å². The fourth-order valence-electron chi connectivity index (χ4n) is 1.63. The molecule has 16 heavy (non-hydrogen) atoms. The number of rotatable bonds is 3. The Morgan fingerprint density at radius 1 is 1.00 bits per heavy atom. The van der Waals surface area contributed by atoms with E-state index in [-0.39, 0.29) is 0 Å². The molecule has 0 saturated heterocycles. The van der Waals surface area contributed by atoms with Crippen molar-refractivity contribution in [1.82, 2.24) is 0 Å². The van der Waals surface area contributed by atoms with Gasteiger partial charge in [0.05, 0.1) is 0 Å². The van der Waals surface area contributed by atoms with Crippen molar-refractivity contribution < 1.29 is 4.79 Å². The van der Waals surface area contributed by atoms with Crippen LogP contribution in [0.4, 0.5) is 0 Å². The van der Waals surface area contributed by atoms with Crippen molar-refractivity contribution in [3.63, 3.8) is 0 Å². The van der Waals surface area contributed by atoms with Crippen LogP contribution in [-0.4, -0.2) is 6.29 Å². The van der Waals surface area contributed by atoms with Gasteiger partial charge in [0, 0.05) is 10.6 Å². The molecule has 2 heteroatoms. The lowest BCUT2D eigenvalue weighted by Crippen LogP contribution is -1.93. The van der Waals surface area contributed by atoms with Gasteiger partial charge in [0.2, 0.25) is 0 Å². The van der Waals surface area contributed by atoms with Crippen molar-refractivity contribution in [2.75, 3.05) is 0 Å². The molecule has 0 spiro atoms. The molecule has 0 saturated carbocycles. The molecular formula is C14H11ClO. The number of hydrogen-bond acceptors (Lipinski definition) is 1. The van der Waals surface area contributed by atoms with Gasteiger partial charge in [0.25, 0.3) is 0 Å². The quantitative estimate of drug-likeness (QED) is 0.734. The van der Waals surface area contributed by atoms with E-state index in [9.17, 15) is 4.79 Å². The Morgan fingerprint density at radius 2 is 1.69 bits per heavy atom. The van der Waals surface area contributed by atoms with Gasteiger partial charge in [-0.05, 0) is 29.7 Å². The van der Waals surface area contributed by atoms with E-state index in [0.29, 0.717) is 0 Å². The number of aldehydes is 1. The summed E-state index contributed by atoms with van der Waals surface area (Å²) in [6, 6.07) is 15.3. The first-order chi connectivity index (χ1) is 7.79. The minimum absolute atomic E-state index is 0.729. The van der Waals surface area contributed by atoms with Crippen molar-refractivity contribution in [3.05, 3.63) is 70.2 Å². The van der Waals surface area contributed by atoms with E-state index in [4.69, 9.17) is 11.6 Å². The lowest BCUT2D eigenvalue weighted by molar-refractivity contribution is 0.112. The van der Waals surface area contributed by atoms with E-state index in [1.54, 1.807) is 0 Å². The highest BCUT2D eigenvalue weighted by atomic mass is 35.5. The summed E-state index contributed by atoms with van der Waals surface area (Å²) in [7, 11) is 0. The molecule has 0 atom stereocenters. The number of carbonyl (C=O) groups is 1. The molecule has 0 radical (unpaired) electrons. The highest BCUT2D eigenvalue weighted by molar-refractivity contribution is 6.30. The lowest BCUT2D eigenvalue weighted by atomic mass is 10.0. The first-order valence-electron chi connectivity index (χ1n) is 5.07. The molecule has 0 aromatic heterocycles. The molecule has 0 heterocycles. The Morgan fingerprint density at radius 3 is 2.38 bits per heavy atom. The molecule has 0 aliphatic heterocycles. The van der Waals surface area contributed by atoms with Crippen LogP contribution in [0.1, 0.15) is 21.5 Å². The summed E-state index contributed by atoms with van der Waals surface area (Å²) in [4.78, 5) is 10.9. The topological polar surface area (TPSA) is 17.1 Å². The van der Waals surface area contributed by atoms with E-state index < -0.39 is 0 Å². The summed E-state index contributed by atoms with van der Waals surface area (Å²) in [5.74, 6) is 0. The third kappa shape index (κ3) is 2.50. The Labute approximate surface area is 99.7 Å². The smallest absolute Gasteiger partial charge is 0.150 e. The Balaban J connectivity index is 2.26. The molecule has 2 rings (SSSR count). The van der Waals surface area contributed by atoms with Crippen molar-refractivity contribution in [1.29, 1.82) is 0 Å².